The first kappa shape index (κ1) is 23.1. The first-order valence-corrected chi connectivity index (χ1v) is 9.84. The van der Waals surface area contributed by atoms with Crippen LogP contribution in [-0.4, -0.2) is 34.9 Å². The molecule has 0 fully saturated rings. The number of aliphatic hydroxyl groups is 2. The van der Waals surface area contributed by atoms with Crippen molar-refractivity contribution in [3.8, 4) is 0 Å². The van der Waals surface area contributed by atoms with Gasteiger partial charge in [0.25, 0.3) is 0 Å². The number of nitrogens with one attached hydrogen (secondary N) is 1. The maximum absolute atomic E-state index is 10.9. The van der Waals surface area contributed by atoms with Crippen LogP contribution in [0.25, 0.3) is 0 Å². The molecule has 4 heteroatoms. The van der Waals surface area contributed by atoms with E-state index in [0.717, 1.165) is 12.8 Å². The zero-order valence-corrected chi connectivity index (χ0v) is 15.8. The van der Waals surface area contributed by atoms with Gasteiger partial charge in [0.05, 0.1) is 18.8 Å². The van der Waals surface area contributed by atoms with Crippen LogP contribution in [-0.2, 0) is 4.79 Å². The summed E-state index contributed by atoms with van der Waals surface area (Å²) in [6.07, 6.45) is 18.3. The SMILES string of the molecule is CCCCCCCCCCCCC/C=C/[C@@H](O)[C@H](CO)NC(C)=O. The van der Waals surface area contributed by atoms with Gasteiger partial charge in [-0.1, -0.05) is 83.3 Å². The third-order valence-corrected chi connectivity index (χ3v) is 4.31. The molecule has 0 aromatic rings. The second-order valence-electron chi connectivity index (χ2n) is 6.73. The predicted molar refractivity (Wildman–Crippen MR) is 101 cm³/mol. The van der Waals surface area contributed by atoms with Crippen molar-refractivity contribution in [2.45, 2.75) is 103 Å². The van der Waals surface area contributed by atoms with Gasteiger partial charge in [0.1, 0.15) is 0 Å². The minimum atomic E-state index is -0.827. The Hall–Kier alpha value is -0.870. The summed E-state index contributed by atoms with van der Waals surface area (Å²) in [5.41, 5.74) is 0. The molecule has 142 valence electrons. The van der Waals surface area contributed by atoms with Gasteiger partial charge in [-0.05, 0) is 12.8 Å². The summed E-state index contributed by atoms with van der Waals surface area (Å²) < 4.78 is 0. The monoisotopic (exact) mass is 341 g/mol. The fourth-order valence-corrected chi connectivity index (χ4v) is 2.80. The first-order chi connectivity index (χ1) is 11.6. The molecule has 0 saturated heterocycles. The third kappa shape index (κ3) is 14.7. The number of unbranched alkanes of at least 4 members (excludes halogenated alkanes) is 11. The van der Waals surface area contributed by atoms with E-state index in [-0.39, 0.29) is 12.5 Å². The number of aliphatic hydroxyl groups excluding tert-OH is 2. The molecule has 0 aromatic carbocycles. The van der Waals surface area contributed by atoms with Crippen LogP contribution in [0.15, 0.2) is 12.2 Å². The maximum Gasteiger partial charge on any atom is 0.217 e. The molecule has 0 aliphatic carbocycles. The Labute approximate surface area is 148 Å². The van der Waals surface area contributed by atoms with Crippen LogP contribution in [0.5, 0.6) is 0 Å². The van der Waals surface area contributed by atoms with Crippen molar-refractivity contribution in [2.24, 2.45) is 0 Å². The van der Waals surface area contributed by atoms with Gasteiger partial charge in [0.15, 0.2) is 0 Å². The van der Waals surface area contributed by atoms with Crippen LogP contribution in [0.4, 0.5) is 0 Å². The summed E-state index contributed by atoms with van der Waals surface area (Å²) in [4.78, 5) is 10.9. The largest absolute Gasteiger partial charge is 0.394 e. The molecule has 0 aliphatic rings. The first-order valence-electron chi connectivity index (χ1n) is 9.84. The number of rotatable bonds is 16. The number of hydrogen-bond donors (Lipinski definition) is 3. The Morgan fingerprint density at radius 3 is 1.92 bits per heavy atom. The van der Waals surface area contributed by atoms with Crippen molar-refractivity contribution in [1.82, 2.24) is 5.32 Å². The normalized spacial score (nSPS) is 14.0. The Kier molecular flexibility index (Phi) is 16.4. The highest BCUT2D eigenvalue weighted by atomic mass is 16.3. The van der Waals surface area contributed by atoms with E-state index in [9.17, 15) is 9.90 Å². The average molecular weight is 342 g/mol. The summed E-state index contributed by atoms with van der Waals surface area (Å²) >= 11 is 0. The number of carbonyl (C=O) groups is 1. The van der Waals surface area contributed by atoms with Gasteiger partial charge in [-0.3, -0.25) is 4.79 Å². The van der Waals surface area contributed by atoms with E-state index >= 15 is 0 Å². The lowest BCUT2D eigenvalue weighted by Crippen LogP contribution is -2.44. The standard InChI is InChI=1S/C20H39NO3/c1-3-4-5-6-7-8-9-10-11-12-13-14-15-16-20(24)19(17-22)21-18(2)23/h15-16,19-20,22,24H,3-14,17H2,1-2H3,(H,21,23)/b16-15+/t19-,20+/m0/s1. The summed E-state index contributed by atoms with van der Waals surface area (Å²) in [5, 5.41) is 21.5. The fourth-order valence-electron chi connectivity index (χ4n) is 2.80. The lowest BCUT2D eigenvalue weighted by Gasteiger charge is -2.18. The number of allylic oxidation sites excluding steroid dienone is 1. The summed E-state index contributed by atoms with van der Waals surface area (Å²) in [7, 11) is 0. The van der Waals surface area contributed by atoms with Crippen molar-refractivity contribution in [3.63, 3.8) is 0 Å². The average Bonchev–Trinajstić information content (AvgIpc) is 2.56. The highest BCUT2D eigenvalue weighted by molar-refractivity contribution is 5.73. The molecule has 2 atom stereocenters. The van der Waals surface area contributed by atoms with Gasteiger partial charge in [-0.15, -0.1) is 0 Å². The van der Waals surface area contributed by atoms with Crippen molar-refractivity contribution >= 4 is 5.91 Å². The van der Waals surface area contributed by atoms with Gasteiger partial charge >= 0.3 is 0 Å². The highest BCUT2D eigenvalue weighted by Gasteiger charge is 2.15. The van der Waals surface area contributed by atoms with Gasteiger partial charge in [0.2, 0.25) is 5.91 Å². The quantitative estimate of drug-likeness (QED) is 0.292. The topological polar surface area (TPSA) is 69.6 Å². The van der Waals surface area contributed by atoms with Crippen LogP contribution < -0.4 is 5.32 Å². The molecule has 0 unspecified atom stereocenters. The van der Waals surface area contributed by atoms with Gasteiger partial charge in [-0.2, -0.15) is 0 Å². The zero-order valence-electron chi connectivity index (χ0n) is 15.8. The minimum Gasteiger partial charge on any atom is -0.394 e. The molecule has 1 amide bonds. The molecular weight excluding hydrogens is 302 g/mol. The van der Waals surface area contributed by atoms with Crippen LogP contribution in [0.3, 0.4) is 0 Å². The summed E-state index contributed by atoms with van der Waals surface area (Å²) in [6, 6.07) is -0.615. The van der Waals surface area contributed by atoms with E-state index in [1.54, 1.807) is 6.08 Å². The molecule has 0 heterocycles. The molecular formula is C20H39NO3. The van der Waals surface area contributed by atoms with E-state index in [2.05, 4.69) is 12.2 Å². The maximum atomic E-state index is 10.9. The van der Waals surface area contributed by atoms with E-state index in [4.69, 9.17) is 5.11 Å². The summed E-state index contributed by atoms with van der Waals surface area (Å²) in [5.74, 6) is -0.244. The van der Waals surface area contributed by atoms with E-state index in [1.165, 1.54) is 71.1 Å². The number of amides is 1. The Bertz CT molecular complexity index is 318. The third-order valence-electron chi connectivity index (χ3n) is 4.31. The zero-order chi connectivity index (χ0) is 18.0. The van der Waals surface area contributed by atoms with E-state index in [1.807, 2.05) is 6.08 Å². The Balaban J connectivity index is 3.47. The van der Waals surface area contributed by atoms with Crippen molar-refractivity contribution in [2.75, 3.05) is 6.61 Å². The lowest BCUT2D eigenvalue weighted by atomic mass is 10.0. The van der Waals surface area contributed by atoms with Crippen LogP contribution in [0.1, 0.15) is 90.9 Å². The van der Waals surface area contributed by atoms with Crippen molar-refractivity contribution in [3.05, 3.63) is 12.2 Å². The number of carbonyl (C=O) groups excluding carboxylic acids is 1. The second-order valence-corrected chi connectivity index (χ2v) is 6.73. The summed E-state index contributed by atoms with van der Waals surface area (Å²) in [6.45, 7) is 3.37. The number of hydrogen-bond acceptors (Lipinski definition) is 3. The van der Waals surface area contributed by atoms with Crippen LogP contribution in [0, 0.1) is 0 Å². The highest BCUT2D eigenvalue weighted by Crippen LogP contribution is 2.12. The second kappa shape index (κ2) is 17.0. The van der Waals surface area contributed by atoms with Crippen LogP contribution in [0.2, 0.25) is 0 Å². The molecule has 24 heavy (non-hydrogen) atoms. The molecule has 4 nitrogen and oxygen atoms in total. The smallest absolute Gasteiger partial charge is 0.217 e. The Morgan fingerprint density at radius 1 is 0.958 bits per heavy atom. The van der Waals surface area contributed by atoms with Gasteiger partial charge in [-0.25, -0.2) is 0 Å². The molecule has 0 radical (unpaired) electrons. The van der Waals surface area contributed by atoms with Gasteiger partial charge in [0, 0.05) is 6.92 Å². The van der Waals surface area contributed by atoms with Gasteiger partial charge < -0.3 is 15.5 Å². The lowest BCUT2D eigenvalue weighted by molar-refractivity contribution is -0.120. The van der Waals surface area contributed by atoms with Crippen molar-refractivity contribution < 1.29 is 15.0 Å². The molecule has 0 bridgehead atoms. The van der Waals surface area contributed by atoms with E-state index in [0.29, 0.717) is 0 Å². The van der Waals surface area contributed by atoms with Crippen molar-refractivity contribution in [1.29, 1.82) is 0 Å². The predicted octanol–water partition coefficient (Wildman–Crippen LogP) is 4.10. The van der Waals surface area contributed by atoms with E-state index < -0.39 is 12.1 Å². The molecule has 0 rings (SSSR count). The molecule has 0 aromatic heterocycles. The Morgan fingerprint density at radius 2 is 1.46 bits per heavy atom. The molecule has 0 spiro atoms. The minimum absolute atomic E-state index is 0.244. The molecule has 3 N–H and O–H groups in total. The van der Waals surface area contributed by atoms with Crippen LogP contribution >= 0.6 is 0 Å². The fraction of sp³-hybridized carbons (Fsp3) is 0.850. The molecule has 0 saturated carbocycles. The molecule has 0 aliphatic heterocycles.